The fourth-order valence-corrected chi connectivity index (χ4v) is 9.35. The molecule has 0 amide bonds. The van der Waals surface area contributed by atoms with Gasteiger partial charge in [-0.3, -0.25) is 9.59 Å². The van der Waals surface area contributed by atoms with Crippen LogP contribution in [0.15, 0.2) is 70.9 Å². The van der Waals surface area contributed by atoms with Gasteiger partial charge in [-0.25, -0.2) is 4.79 Å². The minimum absolute atomic E-state index is 0.0316. The van der Waals surface area contributed by atoms with E-state index >= 15 is 0 Å². The summed E-state index contributed by atoms with van der Waals surface area (Å²) < 4.78 is 32.4. The van der Waals surface area contributed by atoms with Crippen molar-refractivity contribution in [2.45, 2.75) is 122 Å². The molecule has 0 radical (unpaired) electrons. The molecule has 1 aliphatic carbocycles. The summed E-state index contributed by atoms with van der Waals surface area (Å²) in [6, 6.07) is 3.21. The van der Waals surface area contributed by atoms with Gasteiger partial charge in [-0.1, -0.05) is 81.3 Å². The molecule has 0 unspecified atom stereocenters. The Morgan fingerprint density at radius 2 is 1.92 bits per heavy atom. The van der Waals surface area contributed by atoms with Crippen molar-refractivity contribution >= 4 is 40.7 Å². The first kappa shape index (κ1) is 38.9. The van der Waals surface area contributed by atoms with Crippen LogP contribution in [0.4, 0.5) is 0 Å². The van der Waals surface area contributed by atoms with Gasteiger partial charge in [0.05, 0.1) is 29.6 Å². The Bertz CT molecular complexity index is 1720. The lowest BCUT2D eigenvalue weighted by Gasteiger charge is -2.49. The van der Waals surface area contributed by atoms with E-state index in [0.29, 0.717) is 33.2 Å². The number of hydrogen-bond acceptors (Lipinski definition) is 10. The van der Waals surface area contributed by atoms with Gasteiger partial charge < -0.3 is 28.8 Å². The van der Waals surface area contributed by atoms with Crippen LogP contribution in [-0.2, 0) is 33.3 Å². The Morgan fingerprint density at radius 3 is 2.63 bits per heavy atom. The average Bonchev–Trinajstić information content (AvgIpc) is 3.65. The summed E-state index contributed by atoms with van der Waals surface area (Å²) in [4.78, 5) is 41.5. The average molecular weight is 755 g/mol. The summed E-state index contributed by atoms with van der Waals surface area (Å²) in [5, 5.41) is 12.7. The summed E-state index contributed by atoms with van der Waals surface area (Å²) >= 11 is 7.18. The number of carbonyl (C=O) groups excluding carboxylic acids is 3. The molecule has 6 rings (SSSR count). The number of allylic oxidation sites excluding steroid dienone is 5. The first-order valence-corrected chi connectivity index (χ1v) is 19.6. The molecule has 10 atom stereocenters. The summed E-state index contributed by atoms with van der Waals surface area (Å²) in [6.45, 7) is 14.0. The minimum atomic E-state index is -1.87. The molecule has 4 aliphatic heterocycles. The predicted octanol–water partition coefficient (Wildman–Crippen LogP) is 7.88. The second-order valence-electron chi connectivity index (χ2n) is 15.7. The molecule has 9 nitrogen and oxygen atoms in total. The van der Waals surface area contributed by atoms with Gasteiger partial charge >= 0.3 is 11.9 Å². The Kier molecular flexibility index (Phi) is 11.6. The lowest BCUT2D eigenvalue weighted by molar-refractivity contribution is -0.319. The van der Waals surface area contributed by atoms with Crippen LogP contribution in [0.1, 0.15) is 90.2 Å². The maximum absolute atomic E-state index is 14.4. The van der Waals surface area contributed by atoms with E-state index in [2.05, 4.69) is 45.9 Å². The van der Waals surface area contributed by atoms with Crippen molar-refractivity contribution < 1.29 is 43.2 Å². The highest BCUT2D eigenvalue weighted by molar-refractivity contribution is 7.17. The fourth-order valence-electron chi connectivity index (χ4n) is 8.42. The molecule has 3 fully saturated rings. The van der Waals surface area contributed by atoms with Crippen molar-refractivity contribution in [2.75, 3.05) is 6.61 Å². The molecule has 1 spiro atoms. The Labute approximate surface area is 315 Å². The van der Waals surface area contributed by atoms with Crippen LogP contribution in [0, 0.1) is 23.7 Å². The monoisotopic (exact) mass is 754 g/mol. The van der Waals surface area contributed by atoms with Crippen molar-refractivity contribution in [3.05, 3.63) is 80.1 Å². The van der Waals surface area contributed by atoms with Gasteiger partial charge in [-0.2, -0.15) is 0 Å². The van der Waals surface area contributed by atoms with Gasteiger partial charge in [0, 0.05) is 18.8 Å². The van der Waals surface area contributed by atoms with E-state index in [1.54, 1.807) is 31.2 Å². The van der Waals surface area contributed by atoms with E-state index in [4.69, 9.17) is 35.3 Å². The molecule has 0 saturated carbocycles. The van der Waals surface area contributed by atoms with E-state index in [9.17, 15) is 19.5 Å². The molecule has 282 valence electrons. The largest absolute Gasteiger partial charge is 0.462 e. The van der Waals surface area contributed by atoms with Gasteiger partial charge in [0.15, 0.2) is 11.9 Å². The van der Waals surface area contributed by atoms with E-state index in [1.165, 1.54) is 5.57 Å². The number of thiophene rings is 1. The zero-order chi connectivity index (χ0) is 37.5. The number of carbonyl (C=O) groups is 3. The standard InChI is InChI=1S/C41H51ClO9S/c1-22(2)15-25(5)35-27(7)32(43)20-40(51-35)19-30-18-29(50-40)12-11-24(4)16-23(3)9-8-10-28-21-47-37-36(49-39(45)33-13-14-34(42)52-33)26(6)17-31(38(44)48-30)41(28,37)46/h8-11,13-15,17,22-23,27,29-31,35-37,46H,12,16,18-21H2,1-7H3/b9-8+,24-11+,25-15+,28-10+/t23-,27-,29+,30-,31-,35+,36+,37+,40-,41+/m0/s1. The summed E-state index contributed by atoms with van der Waals surface area (Å²) in [7, 11) is 0. The predicted molar refractivity (Wildman–Crippen MR) is 199 cm³/mol. The van der Waals surface area contributed by atoms with Crippen molar-refractivity contribution in [1.82, 2.24) is 0 Å². The molecule has 1 aromatic heterocycles. The van der Waals surface area contributed by atoms with E-state index in [1.807, 2.05) is 19.9 Å². The molecule has 5 heterocycles. The first-order chi connectivity index (χ1) is 24.6. The molecule has 11 heteroatoms. The first-order valence-electron chi connectivity index (χ1n) is 18.4. The molecule has 0 aromatic carbocycles. The van der Waals surface area contributed by atoms with Gasteiger partial charge in [0.2, 0.25) is 0 Å². The molecule has 52 heavy (non-hydrogen) atoms. The van der Waals surface area contributed by atoms with Crippen LogP contribution in [0.2, 0.25) is 4.34 Å². The minimum Gasteiger partial charge on any atom is -0.462 e. The topological polar surface area (TPSA) is 118 Å². The van der Waals surface area contributed by atoms with E-state index in [0.717, 1.165) is 23.3 Å². The van der Waals surface area contributed by atoms with Gasteiger partial charge in [0.25, 0.3) is 0 Å². The Hall–Kier alpha value is -2.86. The number of halogens is 1. The SMILES string of the molecule is CC1=C[C@H]2C(=O)O[C@H]3C[C@@H](C/C=C(\C)C[C@@H](C)/C=C/C=C4\CO[C@H]([C@@H]1OC(=O)c1ccc(Cl)s1)[C@@]42O)O[C@@]1(CC(=O)[C@H](C)[C@@H](/C(C)=C/C(C)C)O1)C3. The van der Waals surface area contributed by atoms with Crippen LogP contribution in [0.5, 0.6) is 0 Å². The molecule has 1 N–H and O–H groups in total. The highest BCUT2D eigenvalue weighted by atomic mass is 35.5. The lowest BCUT2D eigenvalue weighted by atomic mass is 9.70. The van der Waals surface area contributed by atoms with Crippen LogP contribution < -0.4 is 0 Å². The third-order valence-corrected chi connectivity index (χ3v) is 12.1. The van der Waals surface area contributed by atoms with Crippen LogP contribution in [-0.4, -0.2) is 71.3 Å². The fraction of sp³-hybridized carbons (Fsp3) is 0.585. The van der Waals surface area contributed by atoms with Crippen LogP contribution in [0.3, 0.4) is 0 Å². The van der Waals surface area contributed by atoms with Crippen LogP contribution in [0.25, 0.3) is 0 Å². The van der Waals surface area contributed by atoms with E-state index in [-0.39, 0.29) is 49.1 Å². The third-order valence-electron chi connectivity index (χ3n) is 10.9. The molecule has 2 bridgehead atoms. The lowest BCUT2D eigenvalue weighted by Crippen LogP contribution is -2.59. The second kappa shape index (κ2) is 15.5. The Morgan fingerprint density at radius 1 is 1.15 bits per heavy atom. The summed E-state index contributed by atoms with van der Waals surface area (Å²) in [5.41, 5.74) is 1.32. The smallest absolute Gasteiger partial charge is 0.349 e. The number of esters is 2. The third kappa shape index (κ3) is 7.98. The van der Waals surface area contributed by atoms with Gasteiger partial charge in [0.1, 0.15) is 34.4 Å². The quantitative estimate of drug-likeness (QED) is 0.242. The number of hydrogen-bond donors (Lipinski definition) is 1. The number of aliphatic hydroxyl groups is 1. The summed E-state index contributed by atoms with van der Waals surface area (Å²) in [5.74, 6) is -3.53. The van der Waals surface area contributed by atoms with Gasteiger partial charge in [-0.05, 0) is 74.3 Å². The molecule has 3 saturated heterocycles. The van der Waals surface area contributed by atoms with E-state index < -0.39 is 53.7 Å². The van der Waals surface area contributed by atoms with Crippen LogP contribution >= 0.6 is 22.9 Å². The zero-order valence-electron chi connectivity index (χ0n) is 31.1. The number of fused-ring (bicyclic) bond motifs is 2. The normalized spacial score (nSPS) is 39.9. The molecule has 5 aliphatic rings. The Balaban J connectivity index is 1.37. The van der Waals surface area contributed by atoms with Crippen molar-refractivity contribution in [3.8, 4) is 0 Å². The number of ketones is 1. The summed E-state index contributed by atoms with van der Waals surface area (Å²) in [6.07, 6.45) is 10.1. The highest BCUT2D eigenvalue weighted by Crippen LogP contribution is 2.48. The van der Waals surface area contributed by atoms with Crippen molar-refractivity contribution in [3.63, 3.8) is 0 Å². The van der Waals surface area contributed by atoms with Gasteiger partial charge in [-0.15, -0.1) is 11.3 Å². The number of Topliss-reactive ketones (excluding diaryl/α,β-unsaturated/α-hetero) is 1. The molecular weight excluding hydrogens is 704 g/mol. The highest BCUT2D eigenvalue weighted by Gasteiger charge is 2.61. The molecular formula is C41H51ClO9S. The number of ether oxygens (including phenoxy) is 5. The maximum Gasteiger partial charge on any atom is 0.349 e. The second-order valence-corrected chi connectivity index (χ2v) is 17.4. The number of rotatable bonds is 4. The molecule has 1 aromatic rings. The van der Waals surface area contributed by atoms with Crippen molar-refractivity contribution in [2.24, 2.45) is 23.7 Å². The van der Waals surface area contributed by atoms with Crippen molar-refractivity contribution in [1.29, 1.82) is 0 Å². The maximum atomic E-state index is 14.4. The zero-order valence-corrected chi connectivity index (χ0v) is 32.6.